The molecule has 36 heavy (non-hydrogen) atoms. The highest BCUT2D eigenvalue weighted by molar-refractivity contribution is 9.10. The van der Waals surface area contributed by atoms with Crippen molar-refractivity contribution in [2.24, 2.45) is 0 Å². The van der Waals surface area contributed by atoms with Crippen molar-refractivity contribution in [1.82, 2.24) is 4.90 Å². The van der Waals surface area contributed by atoms with Crippen LogP contribution in [0.25, 0.3) is 6.08 Å². The van der Waals surface area contributed by atoms with Crippen LogP contribution in [0.15, 0.2) is 70.0 Å². The Morgan fingerprint density at radius 3 is 2.53 bits per heavy atom. The number of anilines is 1. The molecule has 1 heterocycles. The number of nitrogens with zero attached hydrogens (tertiary/aromatic N) is 1. The normalized spacial score (nSPS) is 14.4. The fraction of sp³-hybridized carbons (Fsp3) is 0.0800. The molecule has 1 N–H and O–H groups in total. The summed E-state index contributed by atoms with van der Waals surface area (Å²) in [6.07, 6.45) is 1.48. The zero-order valence-corrected chi connectivity index (χ0v) is 20.7. The molecular weight excluding hydrogens is 561 g/mol. The van der Waals surface area contributed by atoms with E-state index in [2.05, 4.69) is 15.9 Å². The molecule has 0 radical (unpaired) electrons. The van der Waals surface area contributed by atoms with Crippen molar-refractivity contribution in [3.63, 3.8) is 0 Å². The lowest BCUT2D eigenvalue weighted by Gasteiger charge is -2.13. The fourth-order valence-electron chi connectivity index (χ4n) is 3.23. The van der Waals surface area contributed by atoms with Gasteiger partial charge in [0.05, 0.1) is 10.6 Å². The standard InChI is InChI=1S/C25H16BrF3N2O4S/c26-16-6-9-19(35-13-14-4-2-1-3-5-14)15(10-16)11-20-24(33)31(25(34)36-20)12-21(32)30-18-8-7-17(27)22(28)23(18)29/h1-11H,12-13H2,(H,30,32)/b20-11-. The van der Waals surface area contributed by atoms with E-state index in [0.717, 1.165) is 11.6 Å². The molecule has 0 aromatic heterocycles. The van der Waals surface area contributed by atoms with Crippen molar-refractivity contribution in [2.75, 3.05) is 11.9 Å². The summed E-state index contributed by atoms with van der Waals surface area (Å²) in [6.45, 7) is -0.457. The Morgan fingerprint density at radius 1 is 1.03 bits per heavy atom. The Bertz CT molecular complexity index is 1390. The van der Waals surface area contributed by atoms with Crippen molar-refractivity contribution in [2.45, 2.75) is 6.61 Å². The van der Waals surface area contributed by atoms with Crippen LogP contribution in [0.1, 0.15) is 11.1 Å². The van der Waals surface area contributed by atoms with Gasteiger partial charge in [0.25, 0.3) is 11.1 Å². The van der Waals surface area contributed by atoms with E-state index in [1.54, 1.807) is 18.2 Å². The van der Waals surface area contributed by atoms with Gasteiger partial charge >= 0.3 is 0 Å². The zero-order chi connectivity index (χ0) is 25.8. The third-order valence-electron chi connectivity index (χ3n) is 4.98. The third kappa shape index (κ3) is 5.80. The molecule has 0 spiro atoms. The summed E-state index contributed by atoms with van der Waals surface area (Å²) >= 11 is 4.00. The largest absolute Gasteiger partial charge is 0.488 e. The van der Waals surface area contributed by atoms with Gasteiger partial charge in [0.15, 0.2) is 17.5 Å². The summed E-state index contributed by atoms with van der Waals surface area (Å²) in [5, 5.41) is 1.32. The number of carbonyl (C=O) groups is 3. The van der Waals surface area contributed by atoms with Gasteiger partial charge in [0.1, 0.15) is 18.9 Å². The van der Waals surface area contributed by atoms with Gasteiger partial charge < -0.3 is 10.1 Å². The first-order valence-corrected chi connectivity index (χ1v) is 12.0. The Hall–Kier alpha value is -3.57. The summed E-state index contributed by atoms with van der Waals surface area (Å²) in [6, 6.07) is 16.1. The van der Waals surface area contributed by atoms with E-state index in [-0.39, 0.29) is 11.5 Å². The number of ether oxygens (including phenoxy) is 1. The van der Waals surface area contributed by atoms with Crippen molar-refractivity contribution >= 4 is 56.5 Å². The minimum Gasteiger partial charge on any atom is -0.488 e. The van der Waals surface area contributed by atoms with Crippen LogP contribution in [0.3, 0.4) is 0 Å². The highest BCUT2D eigenvalue weighted by atomic mass is 79.9. The van der Waals surface area contributed by atoms with E-state index in [1.807, 2.05) is 35.6 Å². The van der Waals surface area contributed by atoms with Gasteiger partial charge in [-0.2, -0.15) is 0 Å². The molecule has 1 fully saturated rings. The maximum absolute atomic E-state index is 13.8. The number of carbonyl (C=O) groups excluding carboxylic acids is 3. The predicted molar refractivity (Wildman–Crippen MR) is 133 cm³/mol. The first-order chi connectivity index (χ1) is 17.2. The van der Waals surface area contributed by atoms with Crippen LogP contribution in [0, 0.1) is 17.5 Å². The van der Waals surface area contributed by atoms with E-state index in [1.165, 1.54) is 6.08 Å². The molecular formula is C25H16BrF3N2O4S. The second kappa shape index (κ2) is 11.0. The van der Waals surface area contributed by atoms with Crippen LogP contribution in [0.2, 0.25) is 0 Å². The zero-order valence-electron chi connectivity index (χ0n) is 18.3. The summed E-state index contributed by atoms with van der Waals surface area (Å²) in [4.78, 5) is 38.3. The second-order valence-electron chi connectivity index (χ2n) is 7.50. The molecule has 184 valence electrons. The van der Waals surface area contributed by atoms with Gasteiger partial charge in [-0.25, -0.2) is 13.2 Å². The van der Waals surface area contributed by atoms with Crippen LogP contribution < -0.4 is 10.1 Å². The predicted octanol–water partition coefficient (Wildman–Crippen LogP) is 6.12. The Balaban J connectivity index is 1.49. The molecule has 3 amide bonds. The summed E-state index contributed by atoms with van der Waals surface area (Å²) in [5.41, 5.74) is 0.852. The second-order valence-corrected chi connectivity index (χ2v) is 9.40. The minimum atomic E-state index is -1.75. The van der Waals surface area contributed by atoms with E-state index in [9.17, 15) is 27.6 Å². The molecule has 4 rings (SSSR count). The maximum Gasteiger partial charge on any atom is 0.294 e. The lowest BCUT2D eigenvalue weighted by Crippen LogP contribution is -2.36. The van der Waals surface area contributed by atoms with Gasteiger partial charge in [-0.1, -0.05) is 46.3 Å². The van der Waals surface area contributed by atoms with Crippen LogP contribution in [0.4, 0.5) is 23.7 Å². The van der Waals surface area contributed by atoms with E-state index in [0.29, 0.717) is 38.5 Å². The van der Waals surface area contributed by atoms with E-state index >= 15 is 0 Å². The smallest absolute Gasteiger partial charge is 0.294 e. The molecule has 0 bridgehead atoms. The summed E-state index contributed by atoms with van der Waals surface area (Å²) < 4.78 is 46.9. The summed E-state index contributed by atoms with van der Waals surface area (Å²) in [5.74, 6) is -5.98. The molecule has 6 nitrogen and oxygen atoms in total. The maximum atomic E-state index is 13.8. The first kappa shape index (κ1) is 25.5. The molecule has 0 saturated carbocycles. The molecule has 11 heteroatoms. The van der Waals surface area contributed by atoms with E-state index in [4.69, 9.17) is 4.74 Å². The van der Waals surface area contributed by atoms with E-state index < -0.39 is 46.7 Å². The number of halogens is 4. The highest BCUT2D eigenvalue weighted by Gasteiger charge is 2.36. The minimum absolute atomic E-state index is 0.0504. The topological polar surface area (TPSA) is 75.7 Å². The summed E-state index contributed by atoms with van der Waals surface area (Å²) in [7, 11) is 0. The average molecular weight is 577 g/mol. The molecule has 0 aliphatic carbocycles. The van der Waals surface area contributed by atoms with Crippen molar-refractivity contribution in [1.29, 1.82) is 0 Å². The Kier molecular flexibility index (Phi) is 7.80. The number of hydrogen-bond donors (Lipinski definition) is 1. The lowest BCUT2D eigenvalue weighted by molar-refractivity contribution is -0.127. The van der Waals surface area contributed by atoms with Gasteiger partial charge in [0, 0.05) is 10.0 Å². The number of rotatable bonds is 7. The van der Waals surface area contributed by atoms with Crippen molar-refractivity contribution in [3.05, 3.63) is 98.6 Å². The molecule has 0 atom stereocenters. The average Bonchev–Trinajstić information content (AvgIpc) is 3.12. The molecule has 1 aliphatic heterocycles. The van der Waals surface area contributed by atoms with Crippen molar-refractivity contribution in [3.8, 4) is 5.75 Å². The number of hydrogen-bond acceptors (Lipinski definition) is 5. The van der Waals surface area contributed by atoms with Gasteiger partial charge in [-0.05, 0) is 53.7 Å². The molecule has 1 saturated heterocycles. The van der Waals surface area contributed by atoms with Gasteiger partial charge in [-0.15, -0.1) is 0 Å². The highest BCUT2D eigenvalue weighted by Crippen LogP contribution is 2.35. The number of thioether (sulfide) groups is 1. The quantitative estimate of drug-likeness (QED) is 0.271. The van der Waals surface area contributed by atoms with Crippen LogP contribution in [-0.2, 0) is 16.2 Å². The van der Waals surface area contributed by atoms with Crippen LogP contribution in [-0.4, -0.2) is 28.5 Å². The third-order valence-corrected chi connectivity index (χ3v) is 6.38. The first-order valence-electron chi connectivity index (χ1n) is 10.4. The van der Waals surface area contributed by atoms with Crippen LogP contribution >= 0.6 is 27.7 Å². The number of nitrogens with one attached hydrogen (secondary N) is 1. The van der Waals surface area contributed by atoms with Gasteiger partial charge in [0.2, 0.25) is 5.91 Å². The number of amides is 3. The monoisotopic (exact) mass is 576 g/mol. The molecule has 1 aliphatic rings. The van der Waals surface area contributed by atoms with Crippen LogP contribution in [0.5, 0.6) is 5.75 Å². The lowest BCUT2D eigenvalue weighted by atomic mass is 10.1. The molecule has 3 aromatic rings. The van der Waals surface area contributed by atoms with Crippen molar-refractivity contribution < 1.29 is 32.3 Å². The number of imide groups is 1. The molecule has 3 aromatic carbocycles. The molecule has 0 unspecified atom stereocenters. The Labute approximate surface area is 216 Å². The van der Waals surface area contributed by atoms with Gasteiger partial charge in [-0.3, -0.25) is 19.3 Å². The SMILES string of the molecule is O=C(CN1C(=O)S/C(=C\c2cc(Br)ccc2OCc2ccccc2)C1=O)Nc1ccc(F)c(F)c1F. The number of benzene rings is 3. The fourth-order valence-corrected chi connectivity index (χ4v) is 4.44. The Morgan fingerprint density at radius 2 is 1.78 bits per heavy atom.